The zero-order chi connectivity index (χ0) is 13.1. The Bertz CT molecular complexity index is 551. The van der Waals surface area contributed by atoms with E-state index < -0.39 is 5.97 Å². The van der Waals surface area contributed by atoms with Crippen molar-refractivity contribution in [2.45, 2.75) is 6.92 Å². The lowest BCUT2D eigenvalue weighted by molar-refractivity contribution is 0.0600. The number of hydrogen-bond donors (Lipinski definition) is 1. The Labute approximate surface area is 106 Å². The van der Waals surface area contributed by atoms with Gasteiger partial charge in [0.25, 0.3) is 0 Å². The van der Waals surface area contributed by atoms with Crippen molar-refractivity contribution >= 4 is 5.97 Å². The second-order valence-corrected chi connectivity index (χ2v) is 4.04. The summed E-state index contributed by atoms with van der Waals surface area (Å²) in [6.07, 6.45) is 0. The summed E-state index contributed by atoms with van der Waals surface area (Å²) in [5.74, 6) is -0.366. The molecule has 0 aliphatic rings. The van der Waals surface area contributed by atoms with Crippen molar-refractivity contribution in [3.8, 4) is 16.9 Å². The van der Waals surface area contributed by atoms with E-state index in [1.54, 1.807) is 6.07 Å². The first-order valence-electron chi connectivity index (χ1n) is 5.61. The zero-order valence-corrected chi connectivity index (χ0v) is 10.3. The highest BCUT2D eigenvalue weighted by Gasteiger charge is 2.13. The maximum Gasteiger partial charge on any atom is 0.337 e. The smallest absolute Gasteiger partial charge is 0.337 e. The monoisotopic (exact) mass is 242 g/mol. The minimum Gasteiger partial charge on any atom is -0.507 e. The van der Waals surface area contributed by atoms with E-state index >= 15 is 0 Å². The van der Waals surface area contributed by atoms with E-state index in [0.717, 1.165) is 16.7 Å². The summed E-state index contributed by atoms with van der Waals surface area (Å²) in [4.78, 5) is 11.4. The first-order valence-corrected chi connectivity index (χ1v) is 5.61. The molecule has 0 heterocycles. The lowest BCUT2D eigenvalue weighted by Crippen LogP contribution is -2.02. The largest absolute Gasteiger partial charge is 0.507 e. The highest BCUT2D eigenvalue weighted by Crippen LogP contribution is 2.33. The number of carbonyl (C=O) groups is 1. The van der Waals surface area contributed by atoms with Crippen molar-refractivity contribution in [2.75, 3.05) is 7.11 Å². The lowest BCUT2D eigenvalue weighted by Gasteiger charge is -2.10. The molecule has 92 valence electrons. The maximum absolute atomic E-state index is 11.4. The molecule has 0 aliphatic heterocycles. The fourth-order valence-corrected chi connectivity index (χ4v) is 1.98. The van der Waals surface area contributed by atoms with Gasteiger partial charge in [-0.15, -0.1) is 0 Å². The van der Waals surface area contributed by atoms with Crippen LogP contribution in [0, 0.1) is 6.92 Å². The van der Waals surface area contributed by atoms with Crippen molar-refractivity contribution < 1.29 is 14.6 Å². The second kappa shape index (κ2) is 4.92. The quantitative estimate of drug-likeness (QED) is 0.823. The molecule has 18 heavy (non-hydrogen) atoms. The van der Waals surface area contributed by atoms with Gasteiger partial charge in [0.05, 0.1) is 12.7 Å². The number of ether oxygens (including phenoxy) is 1. The Kier molecular flexibility index (Phi) is 3.33. The number of rotatable bonds is 2. The fourth-order valence-electron chi connectivity index (χ4n) is 1.98. The Morgan fingerprint density at radius 1 is 1.17 bits per heavy atom. The van der Waals surface area contributed by atoms with Crippen molar-refractivity contribution in [2.24, 2.45) is 0 Å². The molecular weight excluding hydrogens is 228 g/mol. The zero-order valence-electron chi connectivity index (χ0n) is 10.3. The van der Waals surface area contributed by atoms with E-state index in [0.29, 0.717) is 5.56 Å². The fraction of sp³-hybridized carbons (Fsp3) is 0.133. The Balaban J connectivity index is 2.55. The van der Waals surface area contributed by atoms with Crippen LogP contribution in [0.5, 0.6) is 5.75 Å². The lowest BCUT2D eigenvalue weighted by atomic mass is 9.97. The van der Waals surface area contributed by atoms with Crippen LogP contribution in [-0.4, -0.2) is 18.2 Å². The minimum absolute atomic E-state index is 0.0848. The molecule has 2 aromatic carbocycles. The van der Waals surface area contributed by atoms with Gasteiger partial charge in [-0.1, -0.05) is 30.3 Å². The van der Waals surface area contributed by atoms with Gasteiger partial charge in [-0.3, -0.25) is 0 Å². The summed E-state index contributed by atoms with van der Waals surface area (Å²) in [5, 5.41) is 10.1. The van der Waals surface area contributed by atoms with Gasteiger partial charge in [-0.05, 0) is 30.2 Å². The average molecular weight is 242 g/mol. The summed E-state index contributed by atoms with van der Waals surface area (Å²) in [7, 11) is 1.32. The third kappa shape index (κ3) is 2.20. The highest BCUT2D eigenvalue weighted by atomic mass is 16.5. The molecule has 0 saturated carbocycles. The molecular formula is C15H14O3. The summed E-state index contributed by atoms with van der Waals surface area (Å²) in [6, 6.07) is 12.7. The first-order chi connectivity index (χ1) is 8.63. The molecule has 0 unspecified atom stereocenters. The third-order valence-corrected chi connectivity index (χ3v) is 2.80. The molecule has 0 bridgehead atoms. The molecule has 2 rings (SSSR count). The van der Waals surface area contributed by atoms with Gasteiger partial charge in [-0.2, -0.15) is 0 Å². The predicted molar refractivity (Wildman–Crippen MR) is 69.6 cm³/mol. The van der Waals surface area contributed by atoms with Crippen LogP contribution in [0.4, 0.5) is 0 Å². The number of hydrogen-bond acceptors (Lipinski definition) is 3. The van der Waals surface area contributed by atoms with Crippen LogP contribution < -0.4 is 0 Å². The van der Waals surface area contributed by atoms with Crippen LogP contribution in [0.3, 0.4) is 0 Å². The van der Waals surface area contributed by atoms with E-state index in [1.807, 2.05) is 37.3 Å². The van der Waals surface area contributed by atoms with Crippen LogP contribution >= 0.6 is 0 Å². The van der Waals surface area contributed by atoms with E-state index in [4.69, 9.17) is 0 Å². The Morgan fingerprint density at radius 3 is 2.39 bits per heavy atom. The average Bonchev–Trinajstić information content (AvgIpc) is 2.38. The van der Waals surface area contributed by atoms with Crippen LogP contribution in [0.15, 0.2) is 42.5 Å². The van der Waals surface area contributed by atoms with E-state index in [2.05, 4.69) is 4.74 Å². The van der Waals surface area contributed by atoms with Crippen molar-refractivity contribution in [1.29, 1.82) is 0 Å². The Hall–Kier alpha value is -2.29. The number of aromatic hydroxyl groups is 1. The number of benzene rings is 2. The predicted octanol–water partition coefficient (Wildman–Crippen LogP) is 3.15. The maximum atomic E-state index is 11.4. The number of carbonyl (C=O) groups excluding carboxylic acids is 1. The first kappa shape index (κ1) is 12.2. The van der Waals surface area contributed by atoms with Crippen molar-refractivity contribution in [3.05, 3.63) is 53.6 Å². The molecule has 0 spiro atoms. The second-order valence-electron chi connectivity index (χ2n) is 4.04. The summed E-state index contributed by atoms with van der Waals surface area (Å²) >= 11 is 0. The molecule has 0 fully saturated rings. The van der Waals surface area contributed by atoms with E-state index in [-0.39, 0.29) is 5.75 Å². The van der Waals surface area contributed by atoms with Gasteiger partial charge in [0.1, 0.15) is 5.75 Å². The molecule has 0 atom stereocenters. The molecule has 3 nitrogen and oxygen atoms in total. The molecule has 2 aromatic rings. The molecule has 0 saturated heterocycles. The summed E-state index contributed by atoms with van der Waals surface area (Å²) < 4.78 is 4.64. The van der Waals surface area contributed by atoms with Crippen LogP contribution in [0.25, 0.3) is 11.1 Å². The van der Waals surface area contributed by atoms with Gasteiger partial charge in [-0.25, -0.2) is 4.79 Å². The number of aryl methyl sites for hydroxylation is 1. The highest BCUT2D eigenvalue weighted by molar-refractivity contribution is 5.92. The summed E-state index contributed by atoms with van der Waals surface area (Å²) in [5.41, 5.74) is 2.85. The standard InChI is InChI=1S/C15H14O3/c1-10-8-12(15(17)18-2)9-13(16)14(10)11-6-4-3-5-7-11/h3-9,16H,1-2H3. The SMILES string of the molecule is COC(=O)c1cc(C)c(-c2ccccc2)c(O)c1. The number of phenolic OH excluding ortho intramolecular Hbond substituents is 1. The van der Waals surface area contributed by atoms with Gasteiger partial charge in [0, 0.05) is 5.56 Å². The molecule has 1 N–H and O–H groups in total. The van der Waals surface area contributed by atoms with Gasteiger partial charge in [0.2, 0.25) is 0 Å². The van der Waals surface area contributed by atoms with Gasteiger partial charge >= 0.3 is 5.97 Å². The molecule has 0 aromatic heterocycles. The molecule has 3 heteroatoms. The normalized spacial score (nSPS) is 10.1. The Morgan fingerprint density at radius 2 is 1.83 bits per heavy atom. The topological polar surface area (TPSA) is 46.5 Å². The van der Waals surface area contributed by atoms with Crippen LogP contribution in [-0.2, 0) is 4.74 Å². The number of phenols is 1. The van der Waals surface area contributed by atoms with E-state index in [9.17, 15) is 9.90 Å². The van der Waals surface area contributed by atoms with Gasteiger partial charge < -0.3 is 9.84 Å². The number of methoxy groups -OCH3 is 1. The van der Waals surface area contributed by atoms with E-state index in [1.165, 1.54) is 13.2 Å². The molecule has 0 aliphatic carbocycles. The van der Waals surface area contributed by atoms with Gasteiger partial charge in [0.15, 0.2) is 0 Å². The minimum atomic E-state index is -0.451. The number of esters is 1. The van der Waals surface area contributed by atoms with Crippen LogP contribution in [0.1, 0.15) is 15.9 Å². The molecule has 0 radical (unpaired) electrons. The third-order valence-electron chi connectivity index (χ3n) is 2.80. The van der Waals surface area contributed by atoms with Crippen molar-refractivity contribution in [3.63, 3.8) is 0 Å². The van der Waals surface area contributed by atoms with Crippen LogP contribution in [0.2, 0.25) is 0 Å². The molecule has 0 amide bonds. The van der Waals surface area contributed by atoms with Crippen molar-refractivity contribution in [1.82, 2.24) is 0 Å². The summed E-state index contributed by atoms with van der Waals surface area (Å²) in [6.45, 7) is 1.86.